The minimum Gasteiger partial charge on any atom is -0.326 e. The number of rotatable bonds is 5. The summed E-state index contributed by atoms with van der Waals surface area (Å²) in [6.45, 7) is 1.65. The van der Waals surface area contributed by atoms with Crippen LogP contribution in [-0.4, -0.2) is 14.3 Å². The molecular formula is C19H21FN2O3S. The number of carbonyl (C=O) groups is 1. The van der Waals surface area contributed by atoms with Crippen LogP contribution in [0.4, 0.5) is 15.8 Å². The van der Waals surface area contributed by atoms with Crippen LogP contribution in [0.3, 0.4) is 0 Å². The molecule has 0 radical (unpaired) electrons. The van der Waals surface area contributed by atoms with Crippen LogP contribution >= 0.6 is 0 Å². The van der Waals surface area contributed by atoms with Gasteiger partial charge in [0.05, 0.1) is 10.6 Å². The molecule has 1 aliphatic rings. The van der Waals surface area contributed by atoms with E-state index in [4.69, 9.17) is 0 Å². The van der Waals surface area contributed by atoms with Crippen molar-refractivity contribution in [3.63, 3.8) is 0 Å². The van der Waals surface area contributed by atoms with Gasteiger partial charge in [0.25, 0.3) is 10.0 Å². The lowest BCUT2D eigenvalue weighted by Crippen LogP contribution is -2.21. The number of hydrogen-bond donors (Lipinski definition) is 2. The van der Waals surface area contributed by atoms with E-state index in [1.54, 1.807) is 25.1 Å². The summed E-state index contributed by atoms with van der Waals surface area (Å²) in [5.41, 5.74) is 0.807. The average molecular weight is 376 g/mol. The molecule has 1 saturated carbocycles. The van der Waals surface area contributed by atoms with Crippen LogP contribution in [0.2, 0.25) is 0 Å². The average Bonchev–Trinajstić information content (AvgIpc) is 3.13. The Hall–Kier alpha value is -2.41. The fraction of sp³-hybridized carbons (Fsp3) is 0.316. The summed E-state index contributed by atoms with van der Waals surface area (Å²) in [6.07, 6.45) is 3.80. The molecule has 26 heavy (non-hydrogen) atoms. The van der Waals surface area contributed by atoms with Crippen molar-refractivity contribution in [3.8, 4) is 0 Å². The van der Waals surface area contributed by atoms with E-state index >= 15 is 0 Å². The Labute approximate surface area is 152 Å². The van der Waals surface area contributed by atoms with Crippen molar-refractivity contribution in [1.29, 1.82) is 0 Å². The second-order valence-corrected chi connectivity index (χ2v) is 8.19. The van der Waals surface area contributed by atoms with Gasteiger partial charge in [-0.2, -0.15) is 0 Å². The molecule has 0 unspecified atom stereocenters. The number of anilines is 2. The monoisotopic (exact) mass is 376 g/mol. The fourth-order valence-corrected chi connectivity index (χ4v) is 4.48. The summed E-state index contributed by atoms with van der Waals surface area (Å²) in [4.78, 5) is 12.3. The third kappa shape index (κ3) is 4.04. The summed E-state index contributed by atoms with van der Waals surface area (Å²) in [7, 11) is -3.99. The van der Waals surface area contributed by atoms with Crippen LogP contribution in [-0.2, 0) is 14.8 Å². The maximum atomic E-state index is 13.8. The first-order valence-corrected chi connectivity index (χ1v) is 10.0. The molecule has 5 nitrogen and oxygen atoms in total. The summed E-state index contributed by atoms with van der Waals surface area (Å²) < 4.78 is 41.4. The van der Waals surface area contributed by atoms with Crippen molar-refractivity contribution in [1.82, 2.24) is 0 Å². The lowest BCUT2D eigenvalue weighted by Gasteiger charge is -2.14. The van der Waals surface area contributed by atoms with E-state index < -0.39 is 15.8 Å². The van der Waals surface area contributed by atoms with E-state index in [1.165, 1.54) is 24.3 Å². The molecule has 0 aliphatic heterocycles. The predicted octanol–water partition coefficient (Wildman–Crippen LogP) is 4.06. The molecule has 0 bridgehead atoms. The van der Waals surface area contributed by atoms with Gasteiger partial charge in [0, 0.05) is 11.6 Å². The molecule has 2 aromatic rings. The first-order chi connectivity index (χ1) is 12.4. The van der Waals surface area contributed by atoms with Gasteiger partial charge in [0.15, 0.2) is 0 Å². The summed E-state index contributed by atoms with van der Waals surface area (Å²) >= 11 is 0. The van der Waals surface area contributed by atoms with Gasteiger partial charge < -0.3 is 5.32 Å². The maximum absolute atomic E-state index is 13.8. The van der Waals surface area contributed by atoms with Gasteiger partial charge in [0.1, 0.15) is 5.82 Å². The van der Waals surface area contributed by atoms with Crippen LogP contribution in [0.5, 0.6) is 0 Å². The number of hydrogen-bond acceptors (Lipinski definition) is 3. The summed E-state index contributed by atoms with van der Waals surface area (Å²) in [6, 6.07) is 10.3. The molecule has 3 rings (SSSR count). The normalized spacial score (nSPS) is 15.0. The van der Waals surface area contributed by atoms with Gasteiger partial charge in [-0.3, -0.25) is 9.52 Å². The SMILES string of the molecule is Cc1ccc(NC(=O)C2CCCC2)cc1S(=O)(=O)Nc1ccccc1F. The van der Waals surface area contributed by atoms with Gasteiger partial charge in [-0.05, 0) is 49.6 Å². The highest BCUT2D eigenvalue weighted by molar-refractivity contribution is 7.92. The number of amides is 1. The number of aryl methyl sites for hydroxylation is 1. The number of carbonyl (C=O) groups excluding carboxylic acids is 1. The predicted molar refractivity (Wildman–Crippen MR) is 99.0 cm³/mol. The molecule has 0 aromatic heterocycles. The first-order valence-electron chi connectivity index (χ1n) is 8.56. The zero-order valence-electron chi connectivity index (χ0n) is 14.5. The van der Waals surface area contributed by atoms with Crippen LogP contribution in [0.1, 0.15) is 31.2 Å². The lowest BCUT2D eigenvalue weighted by atomic mass is 10.1. The van der Waals surface area contributed by atoms with E-state index in [2.05, 4.69) is 10.0 Å². The van der Waals surface area contributed by atoms with Crippen molar-refractivity contribution >= 4 is 27.3 Å². The van der Waals surface area contributed by atoms with Crippen LogP contribution < -0.4 is 10.0 Å². The van der Waals surface area contributed by atoms with Crippen LogP contribution in [0, 0.1) is 18.7 Å². The fourth-order valence-electron chi connectivity index (χ4n) is 3.14. The van der Waals surface area contributed by atoms with Gasteiger partial charge in [0.2, 0.25) is 5.91 Å². The van der Waals surface area contributed by atoms with Crippen LogP contribution in [0.15, 0.2) is 47.4 Å². The topological polar surface area (TPSA) is 75.3 Å². The highest BCUT2D eigenvalue weighted by Gasteiger charge is 2.24. The van der Waals surface area contributed by atoms with Gasteiger partial charge in [-0.1, -0.05) is 31.0 Å². The first kappa shape index (κ1) is 18.4. The third-order valence-electron chi connectivity index (χ3n) is 4.59. The number of nitrogens with one attached hydrogen (secondary N) is 2. The van der Waals surface area contributed by atoms with Gasteiger partial charge >= 0.3 is 0 Å². The molecule has 7 heteroatoms. The Morgan fingerprint density at radius 3 is 2.50 bits per heavy atom. The molecule has 0 saturated heterocycles. The summed E-state index contributed by atoms with van der Waals surface area (Å²) in [5, 5.41) is 2.79. The number of benzene rings is 2. The third-order valence-corrected chi connectivity index (χ3v) is 6.10. The number of para-hydroxylation sites is 1. The molecule has 2 N–H and O–H groups in total. The van der Waals surface area contributed by atoms with Crippen molar-refractivity contribution < 1.29 is 17.6 Å². The lowest BCUT2D eigenvalue weighted by molar-refractivity contribution is -0.119. The van der Waals surface area contributed by atoms with Crippen molar-refractivity contribution in [2.24, 2.45) is 5.92 Å². The number of sulfonamides is 1. The summed E-state index contributed by atoms with van der Waals surface area (Å²) in [5.74, 6) is -0.760. The van der Waals surface area contributed by atoms with Crippen molar-refractivity contribution in [2.75, 3.05) is 10.0 Å². The molecule has 0 spiro atoms. The van der Waals surface area contributed by atoms with E-state index in [9.17, 15) is 17.6 Å². The minimum atomic E-state index is -3.99. The smallest absolute Gasteiger partial charge is 0.262 e. The largest absolute Gasteiger partial charge is 0.326 e. The maximum Gasteiger partial charge on any atom is 0.262 e. The second-order valence-electron chi connectivity index (χ2n) is 6.54. The zero-order valence-corrected chi connectivity index (χ0v) is 15.3. The molecule has 0 heterocycles. The molecule has 2 aromatic carbocycles. The molecule has 138 valence electrons. The molecule has 0 atom stereocenters. The van der Waals surface area contributed by atoms with Crippen molar-refractivity contribution in [3.05, 3.63) is 53.8 Å². The quantitative estimate of drug-likeness (QED) is 0.826. The van der Waals surface area contributed by atoms with Gasteiger partial charge in [-0.15, -0.1) is 0 Å². The highest BCUT2D eigenvalue weighted by atomic mass is 32.2. The van der Waals surface area contributed by atoms with E-state index in [0.29, 0.717) is 11.3 Å². The molecule has 1 amide bonds. The standard InChI is InChI=1S/C19H21FN2O3S/c1-13-10-11-15(21-19(23)14-6-2-3-7-14)12-18(13)26(24,25)22-17-9-5-4-8-16(17)20/h4-5,8-12,14,22H,2-3,6-7H2,1H3,(H,21,23). The highest BCUT2D eigenvalue weighted by Crippen LogP contribution is 2.28. The molecule has 1 aliphatic carbocycles. The van der Waals surface area contributed by atoms with Crippen LogP contribution in [0.25, 0.3) is 0 Å². The number of halogens is 1. The Bertz CT molecular complexity index is 922. The molecule has 1 fully saturated rings. The Morgan fingerprint density at radius 1 is 1.12 bits per heavy atom. The minimum absolute atomic E-state index is 0.00461. The Kier molecular flexibility index (Phi) is 5.27. The van der Waals surface area contributed by atoms with Crippen molar-refractivity contribution in [2.45, 2.75) is 37.5 Å². The van der Waals surface area contributed by atoms with Gasteiger partial charge in [-0.25, -0.2) is 12.8 Å². The second kappa shape index (κ2) is 7.45. The Morgan fingerprint density at radius 2 is 1.81 bits per heavy atom. The molecular weight excluding hydrogens is 355 g/mol. The zero-order chi connectivity index (χ0) is 18.7. The van der Waals surface area contributed by atoms with E-state index in [0.717, 1.165) is 25.7 Å². The van der Waals surface area contributed by atoms with E-state index in [1.807, 2.05) is 0 Å². The Balaban J connectivity index is 1.84. The van der Waals surface area contributed by atoms with E-state index in [-0.39, 0.29) is 22.4 Å².